The van der Waals surface area contributed by atoms with E-state index in [-0.39, 0.29) is 24.1 Å². The van der Waals surface area contributed by atoms with E-state index in [2.05, 4.69) is 5.16 Å². The topological polar surface area (TPSA) is 93.0 Å². The molecule has 0 N–H and O–H groups in total. The number of amides is 1. The zero-order chi connectivity index (χ0) is 18.0. The molecule has 0 aromatic carbocycles. The van der Waals surface area contributed by atoms with Gasteiger partial charge in [0.1, 0.15) is 0 Å². The van der Waals surface area contributed by atoms with Gasteiger partial charge in [-0.25, -0.2) is 8.42 Å². The fourth-order valence-electron chi connectivity index (χ4n) is 3.20. The molecular weight excluding hydrogens is 346 g/mol. The first-order valence-electron chi connectivity index (χ1n) is 8.72. The maximum atomic E-state index is 12.8. The minimum Gasteiger partial charge on any atom is -0.379 e. The number of carbonyl (C=O) groups excluding carboxylic acids is 1. The standard InChI is InChI=1S/C16H25N3O5S/c1-12(2)14-10-15(24-17-14)16(20)18-5-3-4-13(11-18)25(21,22)19-6-8-23-9-7-19/h10,12-13H,3-9,11H2,1-2H3. The Hall–Kier alpha value is -1.45. The summed E-state index contributed by atoms with van der Waals surface area (Å²) in [7, 11) is -3.43. The van der Waals surface area contributed by atoms with Crippen molar-refractivity contribution >= 4 is 15.9 Å². The van der Waals surface area contributed by atoms with Gasteiger partial charge in [-0.1, -0.05) is 19.0 Å². The summed E-state index contributed by atoms with van der Waals surface area (Å²) in [6, 6.07) is 1.65. The number of aromatic nitrogens is 1. The molecule has 0 spiro atoms. The Morgan fingerprint density at radius 3 is 2.64 bits per heavy atom. The Labute approximate surface area is 148 Å². The van der Waals surface area contributed by atoms with Crippen molar-refractivity contribution in [2.75, 3.05) is 39.4 Å². The van der Waals surface area contributed by atoms with E-state index < -0.39 is 15.3 Å². The molecule has 25 heavy (non-hydrogen) atoms. The van der Waals surface area contributed by atoms with E-state index in [4.69, 9.17) is 9.26 Å². The molecule has 2 aliphatic rings. The van der Waals surface area contributed by atoms with Crippen LogP contribution in [-0.4, -0.2) is 73.3 Å². The number of sulfonamides is 1. The number of piperidine rings is 1. The number of rotatable bonds is 4. The Kier molecular flexibility index (Phi) is 5.45. The number of likely N-dealkylation sites (tertiary alicyclic amines) is 1. The highest BCUT2D eigenvalue weighted by molar-refractivity contribution is 7.89. The molecule has 2 aliphatic heterocycles. The SMILES string of the molecule is CC(C)c1cc(C(=O)N2CCCC(S(=O)(=O)N3CCOCC3)C2)on1. The summed E-state index contributed by atoms with van der Waals surface area (Å²) in [5.41, 5.74) is 0.720. The summed E-state index contributed by atoms with van der Waals surface area (Å²) in [4.78, 5) is 14.2. The van der Waals surface area contributed by atoms with Gasteiger partial charge in [0, 0.05) is 32.2 Å². The van der Waals surface area contributed by atoms with Gasteiger partial charge in [-0.15, -0.1) is 0 Å². The first-order chi connectivity index (χ1) is 11.9. The van der Waals surface area contributed by atoms with Crippen LogP contribution in [0.4, 0.5) is 0 Å². The molecular formula is C16H25N3O5S. The molecule has 2 fully saturated rings. The van der Waals surface area contributed by atoms with Crippen molar-refractivity contribution in [1.82, 2.24) is 14.4 Å². The second kappa shape index (κ2) is 7.43. The molecule has 8 nitrogen and oxygen atoms in total. The molecule has 1 atom stereocenters. The van der Waals surface area contributed by atoms with Crippen LogP contribution < -0.4 is 0 Å². The Bertz CT molecular complexity index is 709. The third-order valence-corrected chi connectivity index (χ3v) is 7.06. The first kappa shape index (κ1) is 18.3. The van der Waals surface area contributed by atoms with Crippen molar-refractivity contribution in [2.24, 2.45) is 0 Å². The van der Waals surface area contributed by atoms with E-state index in [1.54, 1.807) is 11.0 Å². The highest BCUT2D eigenvalue weighted by Crippen LogP contribution is 2.23. The van der Waals surface area contributed by atoms with Crippen LogP contribution in [0.2, 0.25) is 0 Å². The lowest BCUT2D eigenvalue weighted by Gasteiger charge is -2.36. The smallest absolute Gasteiger partial charge is 0.292 e. The number of hydrogen-bond acceptors (Lipinski definition) is 6. The molecule has 3 rings (SSSR count). The van der Waals surface area contributed by atoms with E-state index in [0.717, 1.165) is 5.69 Å². The fraction of sp³-hybridized carbons (Fsp3) is 0.750. The fourth-order valence-corrected chi connectivity index (χ4v) is 5.11. The summed E-state index contributed by atoms with van der Waals surface area (Å²) in [5, 5.41) is 3.34. The number of ether oxygens (including phenoxy) is 1. The minimum atomic E-state index is -3.43. The molecule has 1 unspecified atom stereocenters. The average molecular weight is 371 g/mol. The summed E-state index contributed by atoms with van der Waals surface area (Å²) >= 11 is 0. The van der Waals surface area contributed by atoms with Crippen LogP contribution in [-0.2, 0) is 14.8 Å². The lowest BCUT2D eigenvalue weighted by molar-refractivity contribution is 0.0660. The van der Waals surface area contributed by atoms with Crippen LogP contribution in [0.1, 0.15) is 48.9 Å². The maximum Gasteiger partial charge on any atom is 0.292 e. The molecule has 3 heterocycles. The van der Waals surface area contributed by atoms with E-state index in [0.29, 0.717) is 45.7 Å². The molecule has 1 amide bonds. The normalized spacial score (nSPS) is 23.2. The van der Waals surface area contributed by atoms with Gasteiger partial charge in [0.25, 0.3) is 5.91 Å². The highest BCUT2D eigenvalue weighted by atomic mass is 32.2. The van der Waals surface area contributed by atoms with Crippen LogP contribution in [0.25, 0.3) is 0 Å². The molecule has 0 radical (unpaired) electrons. The average Bonchev–Trinajstić information content (AvgIpc) is 3.12. The quantitative estimate of drug-likeness (QED) is 0.786. The number of hydrogen-bond donors (Lipinski definition) is 0. The second-order valence-corrected chi connectivity index (χ2v) is 9.06. The lowest BCUT2D eigenvalue weighted by atomic mass is 10.1. The summed E-state index contributed by atoms with van der Waals surface area (Å²) < 4.78 is 37.5. The summed E-state index contributed by atoms with van der Waals surface area (Å²) in [5.74, 6) is 0.0514. The third kappa shape index (κ3) is 3.88. The van der Waals surface area contributed by atoms with Crippen molar-refractivity contribution in [2.45, 2.75) is 37.9 Å². The molecule has 0 saturated carbocycles. The lowest BCUT2D eigenvalue weighted by Crippen LogP contribution is -2.51. The predicted molar refractivity (Wildman–Crippen MR) is 90.8 cm³/mol. The number of morpholine rings is 1. The van der Waals surface area contributed by atoms with Crippen molar-refractivity contribution in [3.8, 4) is 0 Å². The van der Waals surface area contributed by atoms with Crippen molar-refractivity contribution in [1.29, 1.82) is 0 Å². The predicted octanol–water partition coefficient (Wildman–Crippen LogP) is 1.06. The largest absolute Gasteiger partial charge is 0.379 e. The zero-order valence-electron chi connectivity index (χ0n) is 14.7. The summed E-state index contributed by atoms with van der Waals surface area (Å²) in [6.45, 7) is 6.27. The van der Waals surface area contributed by atoms with Crippen LogP contribution in [0.15, 0.2) is 10.6 Å². The van der Waals surface area contributed by atoms with E-state index in [1.807, 2.05) is 13.8 Å². The van der Waals surface area contributed by atoms with Crippen molar-refractivity contribution in [3.63, 3.8) is 0 Å². The van der Waals surface area contributed by atoms with Crippen molar-refractivity contribution < 1.29 is 22.5 Å². The minimum absolute atomic E-state index is 0.168. The van der Waals surface area contributed by atoms with E-state index in [9.17, 15) is 13.2 Å². The van der Waals surface area contributed by atoms with Crippen LogP contribution in [0.5, 0.6) is 0 Å². The van der Waals surface area contributed by atoms with Crippen LogP contribution in [0.3, 0.4) is 0 Å². The molecule has 0 aliphatic carbocycles. The van der Waals surface area contributed by atoms with Gasteiger partial charge in [-0.05, 0) is 18.8 Å². The maximum absolute atomic E-state index is 12.8. The monoisotopic (exact) mass is 371 g/mol. The zero-order valence-corrected chi connectivity index (χ0v) is 15.5. The summed E-state index contributed by atoms with van der Waals surface area (Å²) in [6.07, 6.45) is 1.22. The second-order valence-electron chi connectivity index (χ2n) is 6.84. The first-order valence-corrected chi connectivity index (χ1v) is 10.2. The van der Waals surface area contributed by atoms with Crippen molar-refractivity contribution in [3.05, 3.63) is 17.5 Å². The van der Waals surface area contributed by atoms with Gasteiger partial charge in [-0.3, -0.25) is 4.79 Å². The van der Waals surface area contributed by atoms with Gasteiger partial charge < -0.3 is 14.2 Å². The molecule has 0 bridgehead atoms. The van der Waals surface area contributed by atoms with Gasteiger partial charge in [0.2, 0.25) is 15.8 Å². The Morgan fingerprint density at radius 1 is 1.28 bits per heavy atom. The van der Waals surface area contributed by atoms with Gasteiger partial charge in [0.05, 0.1) is 24.2 Å². The molecule has 2 saturated heterocycles. The molecule has 140 valence electrons. The van der Waals surface area contributed by atoms with Gasteiger partial charge in [0.15, 0.2) is 0 Å². The Balaban J connectivity index is 1.70. The third-order valence-electron chi connectivity index (χ3n) is 4.75. The molecule has 1 aromatic rings. The van der Waals surface area contributed by atoms with E-state index in [1.165, 1.54) is 4.31 Å². The van der Waals surface area contributed by atoms with Crippen LogP contribution in [0, 0.1) is 0 Å². The van der Waals surface area contributed by atoms with Gasteiger partial charge in [-0.2, -0.15) is 4.31 Å². The van der Waals surface area contributed by atoms with Gasteiger partial charge >= 0.3 is 0 Å². The van der Waals surface area contributed by atoms with E-state index >= 15 is 0 Å². The van der Waals surface area contributed by atoms with Crippen LogP contribution >= 0.6 is 0 Å². The number of carbonyl (C=O) groups is 1. The number of nitrogens with zero attached hydrogens (tertiary/aromatic N) is 3. The molecule has 9 heteroatoms. The highest BCUT2D eigenvalue weighted by Gasteiger charge is 2.38. The molecule has 1 aromatic heterocycles. The Morgan fingerprint density at radius 2 is 2.00 bits per heavy atom.